The zero-order chi connectivity index (χ0) is 12.6. The van der Waals surface area contributed by atoms with Crippen molar-refractivity contribution in [2.45, 2.75) is 20.8 Å². The lowest BCUT2D eigenvalue weighted by Crippen LogP contribution is -2.03. The Hall–Kier alpha value is -1.54. The third-order valence-electron chi connectivity index (χ3n) is 3.15. The number of hydrogen-bond acceptors (Lipinski definition) is 1. The minimum Gasteiger partial charge on any atom is -0.356 e. The van der Waals surface area contributed by atoms with E-state index in [1.54, 1.807) is 24.3 Å². The smallest absolute Gasteiger partial charge is 0.209 e. The number of nitrogens with one attached hydrogen (secondary N) is 1. The second kappa shape index (κ2) is 4.38. The van der Waals surface area contributed by atoms with Crippen LogP contribution >= 0.6 is 11.6 Å². The highest BCUT2D eigenvalue weighted by Crippen LogP contribution is 2.20. The zero-order valence-electron chi connectivity index (χ0n) is 10.1. The highest BCUT2D eigenvalue weighted by atomic mass is 35.5. The van der Waals surface area contributed by atoms with Crippen LogP contribution in [0, 0.1) is 20.8 Å². The van der Waals surface area contributed by atoms with E-state index in [1.807, 2.05) is 20.8 Å². The summed E-state index contributed by atoms with van der Waals surface area (Å²) in [6.45, 7) is 5.95. The molecule has 1 aromatic heterocycles. The van der Waals surface area contributed by atoms with Gasteiger partial charge in [0.2, 0.25) is 5.78 Å². The van der Waals surface area contributed by atoms with Gasteiger partial charge in [0.15, 0.2) is 0 Å². The summed E-state index contributed by atoms with van der Waals surface area (Å²) in [5.41, 5.74) is 4.52. The van der Waals surface area contributed by atoms with Crippen molar-refractivity contribution >= 4 is 17.4 Å². The van der Waals surface area contributed by atoms with Crippen LogP contribution in [-0.2, 0) is 0 Å². The lowest BCUT2D eigenvalue weighted by Gasteiger charge is -2.01. The first kappa shape index (κ1) is 11.9. The molecule has 0 unspecified atom stereocenters. The fraction of sp³-hybridized carbons (Fsp3) is 0.214. The Morgan fingerprint density at radius 3 is 2.12 bits per heavy atom. The molecule has 0 aliphatic carbocycles. The molecule has 0 aliphatic heterocycles. The van der Waals surface area contributed by atoms with E-state index in [4.69, 9.17) is 11.6 Å². The number of ketones is 1. The standard InChI is InChI=1S/C14H14ClNO/c1-8-9(2)13(16-10(8)3)14(17)11-4-6-12(15)7-5-11/h4-7,16H,1-3H3. The predicted molar refractivity (Wildman–Crippen MR) is 69.9 cm³/mol. The number of aryl methyl sites for hydroxylation is 1. The quantitative estimate of drug-likeness (QED) is 0.804. The molecule has 88 valence electrons. The molecule has 17 heavy (non-hydrogen) atoms. The van der Waals surface area contributed by atoms with Gasteiger partial charge >= 0.3 is 0 Å². The number of H-pyrrole nitrogens is 1. The molecule has 2 aromatic rings. The molecule has 3 heteroatoms. The van der Waals surface area contributed by atoms with E-state index in [-0.39, 0.29) is 5.78 Å². The number of benzene rings is 1. The Kier molecular flexibility index (Phi) is 3.07. The van der Waals surface area contributed by atoms with Crippen molar-refractivity contribution in [1.29, 1.82) is 0 Å². The van der Waals surface area contributed by atoms with Gasteiger partial charge in [0.25, 0.3) is 0 Å². The molecule has 0 saturated heterocycles. The monoisotopic (exact) mass is 247 g/mol. The summed E-state index contributed by atoms with van der Waals surface area (Å²) in [6.07, 6.45) is 0. The highest BCUT2D eigenvalue weighted by Gasteiger charge is 2.16. The van der Waals surface area contributed by atoms with Gasteiger partial charge < -0.3 is 4.98 Å². The second-order valence-corrected chi connectivity index (χ2v) is 4.65. The van der Waals surface area contributed by atoms with E-state index in [2.05, 4.69) is 4.98 Å². The normalized spacial score (nSPS) is 10.6. The van der Waals surface area contributed by atoms with Crippen LogP contribution in [0.3, 0.4) is 0 Å². The van der Waals surface area contributed by atoms with Gasteiger partial charge in [0.05, 0.1) is 5.69 Å². The minimum atomic E-state index is 0.00960. The molecule has 1 N–H and O–H groups in total. The Morgan fingerprint density at radius 1 is 1.06 bits per heavy atom. The lowest BCUT2D eigenvalue weighted by molar-refractivity contribution is 0.103. The Morgan fingerprint density at radius 2 is 1.65 bits per heavy atom. The van der Waals surface area contributed by atoms with E-state index < -0.39 is 0 Å². The zero-order valence-corrected chi connectivity index (χ0v) is 10.9. The average molecular weight is 248 g/mol. The first-order valence-electron chi connectivity index (χ1n) is 5.46. The molecule has 0 aliphatic rings. The molecule has 0 saturated carbocycles. The van der Waals surface area contributed by atoms with E-state index in [0.29, 0.717) is 16.3 Å². The first-order chi connectivity index (χ1) is 8.00. The predicted octanol–water partition coefficient (Wildman–Crippen LogP) is 3.82. The highest BCUT2D eigenvalue weighted by molar-refractivity contribution is 6.30. The number of halogens is 1. The van der Waals surface area contributed by atoms with Crippen LogP contribution < -0.4 is 0 Å². The molecule has 2 nitrogen and oxygen atoms in total. The molecule has 0 atom stereocenters. The fourth-order valence-corrected chi connectivity index (χ4v) is 1.94. The largest absolute Gasteiger partial charge is 0.356 e. The van der Waals surface area contributed by atoms with Crippen LogP contribution in [0.4, 0.5) is 0 Å². The van der Waals surface area contributed by atoms with E-state index in [0.717, 1.165) is 16.8 Å². The van der Waals surface area contributed by atoms with Crippen molar-refractivity contribution in [3.05, 3.63) is 57.4 Å². The van der Waals surface area contributed by atoms with Crippen LogP contribution in [0.1, 0.15) is 32.9 Å². The van der Waals surface area contributed by atoms with Crippen molar-refractivity contribution in [3.8, 4) is 0 Å². The molecule has 0 bridgehead atoms. The maximum Gasteiger partial charge on any atom is 0.209 e. The second-order valence-electron chi connectivity index (χ2n) is 4.21. The van der Waals surface area contributed by atoms with Gasteiger partial charge in [0, 0.05) is 16.3 Å². The minimum absolute atomic E-state index is 0.00960. The Bertz CT molecular complexity index is 567. The number of carbonyl (C=O) groups excluding carboxylic acids is 1. The number of rotatable bonds is 2. The Balaban J connectivity index is 2.44. The first-order valence-corrected chi connectivity index (χ1v) is 5.84. The summed E-state index contributed by atoms with van der Waals surface area (Å²) in [7, 11) is 0. The summed E-state index contributed by atoms with van der Waals surface area (Å²) in [5.74, 6) is 0.00960. The van der Waals surface area contributed by atoms with Crippen molar-refractivity contribution in [3.63, 3.8) is 0 Å². The van der Waals surface area contributed by atoms with Crippen molar-refractivity contribution in [2.75, 3.05) is 0 Å². The van der Waals surface area contributed by atoms with E-state index >= 15 is 0 Å². The van der Waals surface area contributed by atoms with Crippen molar-refractivity contribution in [1.82, 2.24) is 4.98 Å². The summed E-state index contributed by atoms with van der Waals surface area (Å²) < 4.78 is 0. The van der Waals surface area contributed by atoms with E-state index in [1.165, 1.54) is 0 Å². The van der Waals surface area contributed by atoms with Crippen molar-refractivity contribution in [2.24, 2.45) is 0 Å². The molecule has 0 amide bonds. The van der Waals surface area contributed by atoms with E-state index in [9.17, 15) is 4.79 Å². The molecule has 1 heterocycles. The maximum absolute atomic E-state index is 12.3. The van der Waals surface area contributed by atoms with Gasteiger partial charge in [-0.05, 0) is 56.2 Å². The number of aromatic amines is 1. The summed E-state index contributed by atoms with van der Waals surface area (Å²) >= 11 is 5.80. The van der Waals surface area contributed by atoms with Crippen molar-refractivity contribution < 1.29 is 4.79 Å². The van der Waals surface area contributed by atoms with Crippen LogP contribution in [-0.4, -0.2) is 10.8 Å². The summed E-state index contributed by atoms with van der Waals surface area (Å²) in [4.78, 5) is 15.4. The van der Waals surface area contributed by atoms with Crippen LogP contribution in [0.25, 0.3) is 0 Å². The third kappa shape index (κ3) is 2.13. The topological polar surface area (TPSA) is 32.9 Å². The third-order valence-corrected chi connectivity index (χ3v) is 3.40. The van der Waals surface area contributed by atoms with Gasteiger partial charge in [-0.3, -0.25) is 4.79 Å². The maximum atomic E-state index is 12.3. The summed E-state index contributed by atoms with van der Waals surface area (Å²) in [6, 6.07) is 6.95. The van der Waals surface area contributed by atoms with Gasteiger partial charge in [-0.15, -0.1) is 0 Å². The average Bonchev–Trinajstić information content (AvgIpc) is 2.57. The molecular weight excluding hydrogens is 234 g/mol. The van der Waals surface area contributed by atoms with Gasteiger partial charge in [-0.2, -0.15) is 0 Å². The number of carbonyl (C=O) groups is 1. The number of aromatic nitrogens is 1. The molecule has 0 radical (unpaired) electrons. The molecule has 2 rings (SSSR count). The molecule has 1 aromatic carbocycles. The SMILES string of the molecule is Cc1[nH]c(C(=O)c2ccc(Cl)cc2)c(C)c1C. The van der Waals surface area contributed by atoms with Gasteiger partial charge in [-0.25, -0.2) is 0 Å². The molecular formula is C14H14ClNO. The lowest BCUT2D eigenvalue weighted by atomic mass is 10.0. The van der Waals surface area contributed by atoms with Crippen LogP contribution in [0.15, 0.2) is 24.3 Å². The van der Waals surface area contributed by atoms with Gasteiger partial charge in [0.1, 0.15) is 0 Å². The molecule has 0 spiro atoms. The van der Waals surface area contributed by atoms with Crippen LogP contribution in [0.2, 0.25) is 5.02 Å². The Labute approximate surface area is 106 Å². The molecule has 0 fully saturated rings. The fourth-order valence-electron chi connectivity index (χ4n) is 1.82. The number of hydrogen-bond donors (Lipinski definition) is 1. The summed E-state index contributed by atoms with van der Waals surface area (Å²) in [5, 5.41) is 0.636. The van der Waals surface area contributed by atoms with Gasteiger partial charge in [-0.1, -0.05) is 11.6 Å². The van der Waals surface area contributed by atoms with Crippen LogP contribution in [0.5, 0.6) is 0 Å².